The van der Waals surface area contributed by atoms with Gasteiger partial charge in [0.1, 0.15) is 11.6 Å². The largest absolute Gasteiger partial charge is 0.692 e. The van der Waals surface area contributed by atoms with E-state index < -0.39 is 0 Å². The third-order valence-electron chi connectivity index (χ3n) is 11.7. The quantitative estimate of drug-likeness (QED) is 0.138. The SMILES string of the molecule is CC(C)(C)c1cc(-c2cc3ccccc3[n-]2)[c-]c(-c2cccc3c2nc(-c2cc(C(C)(C)C)cc(C(C)(C)C)c2O)n3-c2ccc(C(C)(C)C)cc2-c2ccccc2)c1.[Au]. The number of hydrogen-bond acceptors (Lipinski definition) is 2. The fourth-order valence-electron chi connectivity index (χ4n) is 8.04. The van der Waals surface area contributed by atoms with Crippen LogP contribution >= 0.6 is 0 Å². The number of imidazole rings is 1. The average Bonchev–Trinajstić information content (AvgIpc) is 3.79. The normalized spacial score (nSPS) is 12.6. The number of para-hydroxylation sites is 2. The maximum absolute atomic E-state index is 12.5. The zero-order chi connectivity index (χ0) is 42.2. The average molecular weight is 973 g/mol. The molecule has 0 spiro atoms. The van der Waals surface area contributed by atoms with Crippen molar-refractivity contribution in [3.8, 4) is 56.3 Å². The van der Waals surface area contributed by atoms with Crippen LogP contribution < -0.4 is 4.98 Å². The van der Waals surface area contributed by atoms with Crippen molar-refractivity contribution < 1.29 is 27.5 Å². The van der Waals surface area contributed by atoms with E-state index in [1.54, 1.807) is 0 Å². The predicted octanol–water partition coefficient (Wildman–Crippen LogP) is 14.5. The Morgan fingerprint density at radius 3 is 1.82 bits per heavy atom. The zero-order valence-corrected chi connectivity index (χ0v) is 39.3. The van der Waals surface area contributed by atoms with Crippen molar-refractivity contribution in [1.82, 2.24) is 14.5 Å². The van der Waals surface area contributed by atoms with Gasteiger partial charge in [-0.15, -0.1) is 46.5 Å². The minimum absolute atomic E-state index is 0. The van der Waals surface area contributed by atoms with Crippen LogP contribution in [0.2, 0.25) is 0 Å². The first-order valence-electron chi connectivity index (χ1n) is 20.9. The summed E-state index contributed by atoms with van der Waals surface area (Å²) in [6, 6.07) is 47.0. The van der Waals surface area contributed by atoms with Gasteiger partial charge in [0, 0.05) is 33.5 Å². The molecule has 4 nitrogen and oxygen atoms in total. The summed E-state index contributed by atoms with van der Waals surface area (Å²) in [5.74, 6) is 0.951. The van der Waals surface area contributed by atoms with Gasteiger partial charge in [0.25, 0.3) is 0 Å². The Labute approximate surface area is 372 Å². The zero-order valence-electron chi connectivity index (χ0n) is 37.1. The monoisotopic (exact) mass is 972 g/mol. The van der Waals surface area contributed by atoms with E-state index in [-0.39, 0.29) is 49.8 Å². The van der Waals surface area contributed by atoms with Gasteiger partial charge in [0.15, 0.2) is 0 Å². The van der Waals surface area contributed by atoms with Gasteiger partial charge in [0.05, 0.1) is 22.3 Å². The number of phenols is 1. The van der Waals surface area contributed by atoms with E-state index in [0.29, 0.717) is 11.4 Å². The molecule has 6 aromatic carbocycles. The second kappa shape index (κ2) is 15.4. The summed E-state index contributed by atoms with van der Waals surface area (Å²) in [6.07, 6.45) is 0. The molecule has 311 valence electrons. The standard InChI is InChI=1S/C55H57N3O.Au/c1-52(2,3)38-25-26-47(42(31-38)34-19-14-13-15-20-34)58-48-24-18-22-41(49(48)57-51(58)43-32-40(54(7,8)9)33-44(50(43)59)55(10,11)12)36-27-37(29-39(28-36)53(4,5)6)46-30-35-21-16-17-23-45(35)56-46;/h13-26,28-33H,1-12H3,(H,57,59);/q-2;. The summed E-state index contributed by atoms with van der Waals surface area (Å²) in [7, 11) is 0. The fraction of sp³-hybridized carbons (Fsp3) is 0.291. The minimum atomic E-state index is -0.315. The van der Waals surface area contributed by atoms with E-state index in [1.165, 1.54) is 11.1 Å². The number of nitrogens with zero attached hydrogens (tertiary/aromatic N) is 3. The molecule has 0 saturated carbocycles. The van der Waals surface area contributed by atoms with Gasteiger partial charge in [-0.3, -0.25) is 4.57 Å². The Bertz CT molecular complexity index is 2830. The summed E-state index contributed by atoms with van der Waals surface area (Å²) < 4.78 is 2.28. The number of fused-ring (bicyclic) bond motifs is 2. The number of aromatic nitrogens is 3. The van der Waals surface area contributed by atoms with Gasteiger partial charge in [-0.25, -0.2) is 4.98 Å². The fourth-order valence-corrected chi connectivity index (χ4v) is 8.04. The van der Waals surface area contributed by atoms with Gasteiger partial charge in [0.2, 0.25) is 0 Å². The molecule has 1 N–H and O–H groups in total. The number of benzene rings is 6. The molecule has 0 unspecified atom stereocenters. The van der Waals surface area contributed by atoms with E-state index >= 15 is 0 Å². The van der Waals surface area contributed by atoms with Crippen molar-refractivity contribution in [3.63, 3.8) is 0 Å². The van der Waals surface area contributed by atoms with E-state index in [1.807, 2.05) is 6.07 Å². The molecule has 0 bridgehead atoms. The topological polar surface area (TPSA) is 52.1 Å². The Kier molecular flexibility index (Phi) is 11.0. The summed E-state index contributed by atoms with van der Waals surface area (Å²) in [6.45, 7) is 26.7. The molecule has 8 rings (SSSR count). The van der Waals surface area contributed by atoms with Crippen LogP contribution in [0.25, 0.3) is 72.5 Å². The van der Waals surface area contributed by atoms with Crippen LogP contribution in [0.1, 0.15) is 105 Å². The van der Waals surface area contributed by atoms with Crippen molar-refractivity contribution in [3.05, 3.63) is 150 Å². The molecule has 8 aromatic rings. The molecule has 0 amide bonds. The Morgan fingerprint density at radius 2 is 1.17 bits per heavy atom. The Balaban J connectivity index is 0.00000544. The van der Waals surface area contributed by atoms with Gasteiger partial charge in [-0.2, -0.15) is 5.69 Å². The van der Waals surface area contributed by atoms with Crippen LogP contribution in [0.15, 0.2) is 121 Å². The molecule has 0 aliphatic carbocycles. The van der Waals surface area contributed by atoms with Crippen LogP contribution in [0.4, 0.5) is 0 Å². The molecular weight excluding hydrogens is 916 g/mol. The van der Waals surface area contributed by atoms with Gasteiger partial charge in [-0.1, -0.05) is 168 Å². The van der Waals surface area contributed by atoms with Crippen LogP contribution in [0.3, 0.4) is 0 Å². The summed E-state index contributed by atoms with van der Waals surface area (Å²) >= 11 is 0. The van der Waals surface area contributed by atoms with Gasteiger partial charge < -0.3 is 10.1 Å². The van der Waals surface area contributed by atoms with Crippen LogP contribution in [-0.4, -0.2) is 14.7 Å². The van der Waals surface area contributed by atoms with Crippen LogP contribution in [0, 0.1) is 6.07 Å². The molecule has 0 aliphatic rings. The molecule has 0 aliphatic heterocycles. The molecule has 0 fully saturated rings. The van der Waals surface area contributed by atoms with E-state index in [2.05, 4.69) is 209 Å². The second-order valence-electron chi connectivity index (χ2n) is 20.4. The number of rotatable bonds is 5. The maximum Gasteiger partial charge on any atom is 0.148 e. The van der Waals surface area contributed by atoms with Gasteiger partial charge in [-0.05, 0) is 68.0 Å². The predicted molar refractivity (Wildman–Crippen MR) is 249 cm³/mol. The molecule has 1 radical (unpaired) electrons. The molecule has 5 heteroatoms. The van der Waals surface area contributed by atoms with Crippen molar-refractivity contribution in [1.29, 1.82) is 0 Å². The minimum Gasteiger partial charge on any atom is -0.692 e. The van der Waals surface area contributed by atoms with Crippen LogP contribution in [0.5, 0.6) is 5.75 Å². The molecule has 0 saturated heterocycles. The molecular formula is C55H57AuN3O-2. The third kappa shape index (κ3) is 8.06. The molecule has 2 heterocycles. The van der Waals surface area contributed by atoms with E-state index in [0.717, 1.165) is 72.3 Å². The number of phenolic OH excluding ortho intramolecular Hbond substituents is 1. The summed E-state index contributed by atoms with van der Waals surface area (Å²) in [5.41, 5.74) is 14.3. The summed E-state index contributed by atoms with van der Waals surface area (Å²) in [4.78, 5) is 10.7. The second-order valence-corrected chi connectivity index (χ2v) is 20.4. The number of aromatic hydroxyl groups is 1. The maximum atomic E-state index is 12.5. The van der Waals surface area contributed by atoms with E-state index in [9.17, 15) is 5.11 Å². The Morgan fingerprint density at radius 1 is 0.550 bits per heavy atom. The molecule has 0 atom stereocenters. The van der Waals surface area contributed by atoms with Gasteiger partial charge >= 0.3 is 0 Å². The van der Waals surface area contributed by atoms with Crippen molar-refractivity contribution >= 4 is 21.9 Å². The first-order valence-corrected chi connectivity index (χ1v) is 20.9. The smallest absolute Gasteiger partial charge is 0.148 e. The first kappa shape index (κ1) is 43.0. The van der Waals surface area contributed by atoms with Crippen molar-refractivity contribution in [2.45, 2.75) is 105 Å². The van der Waals surface area contributed by atoms with Crippen LogP contribution in [-0.2, 0) is 44.0 Å². The Hall–Kier alpha value is -5.13. The number of hydrogen-bond donors (Lipinski definition) is 1. The summed E-state index contributed by atoms with van der Waals surface area (Å²) in [5, 5.41) is 13.6. The van der Waals surface area contributed by atoms with Crippen molar-refractivity contribution in [2.75, 3.05) is 0 Å². The van der Waals surface area contributed by atoms with E-state index in [4.69, 9.17) is 9.97 Å². The van der Waals surface area contributed by atoms with Crippen molar-refractivity contribution in [2.24, 2.45) is 0 Å². The first-order chi connectivity index (χ1) is 27.7. The molecule has 2 aromatic heterocycles. The third-order valence-corrected chi connectivity index (χ3v) is 11.7. The molecule has 60 heavy (non-hydrogen) atoms.